The van der Waals surface area contributed by atoms with E-state index in [9.17, 15) is 5.11 Å². The molecule has 3 heterocycles. The fraction of sp³-hybridized carbons (Fsp3) is 0.216. The summed E-state index contributed by atoms with van der Waals surface area (Å²) in [6, 6.07) is 30.7. The van der Waals surface area contributed by atoms with E-state index in [2.05, 4.69) is 68.4 Å². The van der Waals surface area contributed by atoms with E-state index in [4.69, 9.17) is 9.97 Å². The topological polar surface area (TPSA) is 63.8 Å². The summed E-state index contributed by atoms with van der Waals surface area (Å²) in [7, 11) is 0. The Balaban J connectivity index is 1.63. The van der Waals surface area contributed by atoms with Crippen molar-refractivity contribution in [3.05, 3.63) is 115 Å². The number of imidazole rings is 1. The van der Waals surface area contributed by atoms with Gasteiger partial charge in [-0.3, -0.25) is 9.55 Å². The molecular formula is C37H36N4O. The fourth-order valence-electron chi connectivity index (χ4n) is 5.51. The van der Waals surface area contributed by atoms with Gasteiger partial charge in [0.2, 0.25) is 0 Å². The van der Waals surface area contributed by atoms with E-state index in [1.165, 1.54) is 5.56 Å². The van der Waals surface area contributed by atoms with Gasteiger partial charge in [0.1, 0.15) is 11.3 Å². The number of pyridine rings is 2. The van der Waals surface area contributed by atoms with Crippen LogP contribution in [-0.2, 0) is 11.8 Å². The number of aromatic nitrogens is 4. The molecule has 0 spiro atoms. The van der Waals surface area contributed by atoms with Crippen molar-refractivity contribution in [3.8, 4) is 45.2 Å². The minimum Gasteiger partial charge on any atom is -0.507 e. The van der Waals surface area contributed by atoms with Crippen LogP contribution in [0.5, 0.6) is 5.75 Å². The Bertz CT molecular complexity index is 1870. The van der Waals surface area contributed by atoms with Crippen molar-refractivity contribution in [1.29, 1.82) is 0 Å². The standard InChI is InChI=1S/C37H36N4O/c1-24(2)19-25-20-26(22-27(21-25)32-13-9-10-17-38-32)30-16-18-39-36-34(30)40-35(41(36)29-11-7-6-8-12-29)31-23-28(37(3,4)5)14-15-33(31)42/h6-18,20-24,42H,19H2,1-5H3. The lowest BCUT2D eigenvalue weighted by molar-refractivity contribution is 0.475. The summed E-state index contributed by atoms with van der Waals surface area (Å²) in [5, 5.41) is 11.1. The highest BCUT2D eigenvalue weighted by Gasteiger charge is 2.23. The Morgan fingerprint density at radius 3 is 2.24 bits per heavy atom. The number of hydrogen-bond donors (Lipinski definition) is 1. The number of fused-ring (bicyclic) bond motifs is 1. The molecular weight excluding hydrogens is 516 g/mol. The van der Waals surface area contributed by atoms with Crippen molar-refractivity contribution >= 4 is 11.2 Å². The monoisotopic (exact) mass is 552 g/mol. The van der Waals surface area contributed by atoms with Crippen molar-refractivity contribution in [1.82, 2.24) is 19.5 Å². The van der Waals surface area contributed by atoms with Gasteiger partial charge in [-0.05, 0) is 89.0 Å². The summed E-state index contributed by atoms with van der Waals surface area (Å²) < 4.78 is 2.05. The molecule has 0 saturated heterocycles. The normalized spacial score (nSPS) is 11.9. The van der Waals surface area contributed by atoms with Crippen molar-refractivity contribution in [2.45, 2.75) is 46.5 Å². The number of benzene rings is 3. The summed E-state index contributed by atoms with van der Waals surface area (Å²) in [4.78, 5) is 14.7. The number of nitrogens with zero attached hydrogens (tertiary/aromatic N) is 4. The Labute approximate surface area is 247 Å². The molecule has 0 aliphatic rings. The molecule has 5 nitrogen and oxygen atoms in total. The summed E-state index contributed by atoms with van der Waals surface area (Å²) in [6.07, 6.45) is 4.64. The van der Waals surface area contributed by atoms with Crippen LogP contribution in [0.2, 0.25) is 0 Å². The molecule has 0 radical (unpaired) electrons. The van der Waals surface area contributed by atoms with Crippen LogP contribution >= 0.6 is 0 Å². The van der Waals surface area contributed by atoms with Gasteiger partial charge >= 0.3 is 0 Å². The number of rotatable bonds is 6. The van der Waals surface area contributed by atoms with Crippen LogP contribution in [0.25, 0.3) is 50.6 Å². The molecule has 1 N–H and O–H groups in total. The zero-order valence-electron chi connectivity index (χ0n) is 24.8. The van der Waals surface area contributed by atoms with Crippen LogP contribution in [0.15, 0.2) is 103 Å². The molecule has 0 saturated carbocycles. The van der Waals surface area contributed by atoms with Crippen molar-refractivity contribution in [3.63, 3.8) is 0 Å². The van der Waals surface area contributed by atoms with Crippen molar-refractivity contribution in [2.75, 3.05) is 0 Å². The molecule has 0 aliphatic carbocycles. The van der Waals surface area contributed by atoms with E-state index in [0.717, 1.165) is 51.2 Å². The first-order valence-corrected chi connectivity index (χ1v) is 14.5. The predicted octanol–water partition coefficient (Wildman–Crippen LogP) is 9.02. The third kappa shape index (κ3) is 5.30. The smallest absolute Gasteiger partial charge is 0.165 e. The number of phenolic OH excluding ortho intramolecular Hbond substituents is 1. The van der Waals surface area contributed by atoms with Gasteiger partial charge in [-0.15, -0.1) is 0 Å². The highest BCUT2D eigenvalue weighted by atomic mass is 16.3. The molecule has 0 aliphatic heterocycles. The van der Waals surface area contributed by atoms with Crippen molar-refractivity contribution < 1.29 is 5.11 Å². The molecule has 0 fully saturated rings. The molecule has 3 aromatic carbocycles. The summed E-state index contributed by atoms with van der Waals surface area (Å²) in [6.45, 7) is 11.0. The molecule has 42 heavy (non-hydrogen) atoms. The minimum atomic E-state index is -0.0891. The maximum Gasteiger partial charge on any atom is 0.165 e. The molecule has 0 amide bonds. The number of hydrogen-bond acceptors (Lipinski definition) is 4. The van der Waals surface area contributed by atoms with Gasteiger partial charge < -0.3 is 5.11 Å². The summed E-state index contributed by atoms with van der Waals surface area (Å²) in [5.41, 5.74) is 9.50. The van der Waals surface area contributed by atoms with Crippen LogP contribution in [-0.4, -0.2) is 24.6 Å². The average molecular weight is 553 g/mol. The van der Waals surface area contributed by atoms with E-state index < -0.39 is 0 Å². The van der Waals surface area contributed by atoms with Crippen LogP contribution in [0.1, 0.15) is 45.7 Å². The van der Waals surface area contributed by atoms with Gasteiger partial charge in [-0.2, -0.15) is 0 Å². The zero-order chi connectivity index (χ0) is 29.4. The predicted molar refractivity (Wildman–Crippen MR) is 172 cm³/mol. The van der Waals surface area contributed by atoms with Crippen LogP contribution in [0.3, 0.4) is 0 Å². The molecule has 5 heteroatoms. The molecule has 3 aromatic heterocycles. The molecule has 210 valence electrons. The Kier molecular flexibility index (Phi) is 7.11. The average Bonchev–Trinajstić information content (AvgIpc) is 3.37. The first-order valence-electron chi connectivity index (χ1n) is 14.5. The van der Waals surface area contributed by atoms with Gasteiger partial charge in [-0.25, -0.2) is 9.97 Å². The van der Waals surface area contributed by atoms with E-state index >= 15 is 0 Å². The van der Waals surface area contributed by atoms with E-state index in [1.807, 2.05) is 73.1 Å². The molecule has 0 unspecified atom stereocenters. The Hall–Kier alpha value is -4.77. The van der Waals surface area contributed by atoms with E-state index in [1.54, 1.807) is 6.07 Å². The Morgan fingerprint density at radius 2 is 1.52 bits per heavy atom. The highest BCUT2D eigenvalue weighted by molar-refractivity contribution is 5.94. The largest absolute Gasteiger partial charge is 0.507 e. The first kappa shape index (κ1) is 27.4. The molecule has 0 atom stereocenters. The van der Waals surface area contributed by atoms with Gasteiger partial charge in [0, 0.05) is 29.2 Å². The number of para-hydroxylation sites is 1. The minimum absolute atomic E-state index is 0.0891. The number of phenols is 1. The second-order valence-corrected chi connectivity index (χ2v) is 12.4. The van der Waals surface area contributed by atoms with E-state index in [0.29, 0.717) is 17.3 Å². The third-order valence-electron chi connectivity index (χ3n) is 7.57. The first-order chi connectivity index (χ1) is 20.2. The zero-order valence-corrected chi connectivity index (χ0v) is 24.8. The Morgan fingerprint density at radius 1 is 0.762 bits per heavy atom. The SMILES string of the molecule is CC(C)Cc1cc(-c2ccccn2)cc(-c2ccnc3c2nc(-c2cc(C(C)(C)C)ccc2O)n3-c2ccccc2)c1. The van der Waals surface area contributed by atoms with Crippen LogP contribution in [0.4, 0.5) is 0 Å². The van der Waals surface area contributed by atoms with Gasteiger partial charge in [0.25, 0.3) is 0 Å². The second kappa shape index (κ2) is 10.9. The quantitative estimate of drug-likeness (QED) is 0.224. The molecule has 6 rings (SSSR count). The van der Waals surface area contributed by atoms with E-state index in [-0.39, 0.29) is 11.2 Å². The maximum absolute atomic E-state index is 11.1. The van der Waals surface area contributed by atoms with Crippen molar-refractivity contribution in [2.24, 2.45) is 5.92 Å². The summed E-state index contributed by atoms with van der Waals surface area (Å²) in [5.74, 6) is 1.35. The van der Waals surface area contributed by atoms with Gasteiger partial charge in [0.15, 0.2) is 11.5 Å². The highest BCUT2D eigenvalue weighted by Crippen LogP contribution is 2.39. The van der Waals surface area contributed by atoms with Crippen LogP contribution < -0.4 is 0 Å². The lowest BCUT2D eigenvalue weighted by atomic mass is 9.86. The molecule has 0 bridgehead atoms. The van der Waals surface area contributed by atoms with Gasteiger partial charge in [-0.1, -0.05) is 71.0 Å². The second-order valence-electron chi connectivity index (χ2n) is 12.4. The van der Waals surface area contributed by atoms with Gasteiger partial charge in [0.05, 0.1) is 11.3 Å². The fourth-order valence-corrected chi connectivity index (χ4v) is 5.51. The lowest BCUT2D eigenvalue weighted by Gasteiger charge is -2.20. The number of aromatic hydroxyl groups is 1. The lowest BCUT2D eigenvalue weighted by Crippen LogP contribution is -2.11. The molecule has 6 aromatic rings. The van der Waals surface area contributed by atoms with Crippen LogP contribution in [0, 0.1) is 5.92 Å². The third-order valence-corrected chi connectivity index (χ3v) is 7.57. The summed E-state index contributed by atoms with van der Waals surface area (Å²) >= 11 is 0. The maximum atomic E-state index is 11.1.